The number of anilines is 2. The van der Waals surface area contributed by atoms with E-state index >= 15 is 4.39 Å². The summed E-state index contributed by atoms with van der Waals surface area (Å²) in [6, 6.07) is 10.9. The molecule has 2 aliphatic heterocycles. The van der Waals surface area contributed by atoms with Gasteiger partial charge in [-0.2, -0.15) is 0 Å². The van der Waals surface area contributed by atoms with Crippen molar-refractivity contribution in [2.45, 2.75) is 18.6 Å². The highest BCUT2D eigenvalue weighted by atomic mass is 19.1. The average molecular weight is 529 g/mol. The lowest BCUT2D eigenvalue weighted by atomic mass is 10.00. The first-order chi connectivity index (χ1) is 18.4. The molecule has 38 heavy (non-hydrogen) atoms. The molecule has 0 bridgehead atoms. The van der Waals surface area contributed by atoms with Gasteiger partial charge in [-0.25, -0.2) is 14.0 Å². The Morgan fingerprint density at radius 3 is 2.53 bits per heavy atom. The van der Waals surface area contributed by atoms with E-state index in [1.54, 1.807) is 36.4 Å². The largest absolute Gasteiger partial charge is 0.497 e. The van der Waals surface area contributed by atoms with Crippen molar-refractivity contribution in [3.8, 4) is 5.75 Å². The molecule has 11 heteroatoms. The maximum Gasteiger partial charge on any atom is 0.415 e. The third-order valence-corrected chi connectivity index (χ3v) is 6.22. The molecule has 0 spiro atoms. The number of esters is 2. The molecule has 1 amide bonds. The fraction of sp³-hybridized carbons (Fsp3) is 0.370. The van der Waals surface area contributed by atoms with Gasteiger partial charge in [0, 0.05) is 19.2 Å². The van der Waals surface area contributed by atoms with Crippen LogP contribution in [0.5, 0.6) is 5.75 Å². The minimum absolute atomic E-state index is 0.170. The van der Waals surface area contributed by atoms with Gasteiger partial charge in [-0.15, -0.1) is 0 Å². The summed E-state index contributed by atoms with van der Waals surface area (Å²) in [7, 11) is 1.54. The fourth-order valence-electron chi connectivity index (χ4n) is 4.33. The summed E-state index contributed by atoms with van der Waals surface area (Å²) in [5, 5.41) is 0. The molecule has 0 unspecified atom stereocenters. The van der Waals surface area contributed by atoms with Gasteiger partial charge >= 0.3 is 18.0 Å². The molecule has 2 fully saturated rings. The van der Waals surface area contributed by atoms with Crippen LogP contribution >= 0.6 is 0 Å². The van der Waals surface area contributed by atoms with Crippen LogP contribution in [0.3, 0.4) is 0 Å². The molecular weight excluding hydrogens is 499 g/mol. The Hall–Kier alpha value is -4.12. The number of ether oxygens (including phenoxy) is 5. The van der Waals surface area contributed by atoms with Crippen molar-refractivity contribution < 1.29 is 42.5 Å². The molecule has 4 rings (SSSR count). The number of amides is 1. The molecule has 202 valence electrons. The Balaban J connectivity index is 1.54. The van der Waals surface area contributed by atoms with Crippen LogP contribution in [0.15, 0.2) is 55.1 Å². The lowest BCUT2D eigenvalue weighted by molar-refractivity contribution is -0.149. The number of benzene rings is 2. The Morgan fingerprint density at radius 2 is 1.87 bits per heavy atom. The van der Waals surface area contributed by atoms with Crippen molar-refractivity contribution >= 4 is 29.4 Å². The van der Waals surface area contributed by atoms with Gasteiger partial charge in [-0.3, -0.25) is 9.69 Å². The second-order valence-electron chi connectivity index (χ2n) is 8.55. The number of carbonyl (C=O) groups is 3. The average Bonchev–Trinajstić information content (AvgIpc) is 3.27. The Bertz CT molecular complexity index is 1170. The molecule has 0 saturated carbocycles. The zero-order valence-electron chi connectivity index (χ0n) is 21.0. The Labute approximate surface area is 219 Å². The predicted octanol–water partition coefficient (Wildman–Crippen LogP) is 3.40. The maximum absolute atomic E-state index is 15.2. The normalized spacial score (nSPS) is 19.1. The third-order valence-electron chi connectivity index (χ3n) is 6.22. The number of morpholine rings is 1. The predicted molar refractivity (Wildman–Crippen MR) is 135 cm³/mol. The minimum Gasteiger partial charge on any atom is -0.497 e. The number of cyclic esters (lactones) is 1. The quantitative estimate of drug-likeness (QED) is 0.261. The maximum atomic E-state index is 15.2. The van der Waals surface area contributed by atoms with Crippen LogP contribution in [-0.4, -0.2) is 70.8 Å². The monoisotopic (exact) mass is 528 g/mol. The van der Waals surface area contributed by atoms with E-state index in [1.807, 2.05) is 4.90 Å². The van der Waals surface area contributed by atoms with Gasteiger partial charge in [-0.1, -0.05) is 18.7 Å². The number of rotatable bonds is 10. The zero-order valence-corrected chi connectivity index (χ0v) is 21.0. The van der Waals surface area contributed by atoms with E-state index in [2.05, 4.69) is 6.58 Å². The van der Waals surface area contributed by atoms with Crippen LogP contribution in [-0.2, 0) is 28.5 Å². The summed E-state index contributed by atoms with van der Waals surface area (Å²) >= 11 is 0. The van der Waals surface area contributed by atoms with Gasteiger partial charge in [0.25, 0.3) is 0 Å². The number of hydrogen-bond donors (Lipinski definition) is 0. The van der Waals surface area contributed by atoms with Gasteiger partial charge in [0.15, 0.2) is 6.10 Å². The first kappa shape index (κ1) is 26.9. The van der Waals surface area contributed by atoms with Crippen molar-refractivity contribution in [3.63, 3.8) is 0 Å². The van der Waals surface area contributed by atoms with Crippen molar-refractivity contribution in [2.24, 2.45) is 0 Å². The number of carbonyl (C=O) groups excluding carboxylic acids is 3. The van der Waals surface area contributed by atoms with Crippen molar-refractivity contribution in [3.05, 3.63) is 66.5 Å². The van der Waals surface area contributed by atoms with E-state index in [0.29, 0.717) is 49.0 Å². The summed E-state index contributed by atoms with van der Waals surface area (Å²) in [5.74, 6) is -1.14. The van der Waals surface area contributed by atoms with Crippen molar-refractivity contribution in [1.82, 2.24) is 0 Å². The summed E-state index contributed by atoms with van der Waals surface area (Å²) in [6.07, 6.45) is -0.762. The van der Waals surface area contributed by atoms with Crippen molar-refractivity contribution in [1.29, 1.82) is 0 Å². The van der Waals surface area contributed by atoms with Crippen LogP contribution in [0.2, 0.25) is 0 Å². The van der Waals surface area contributed by atoms with Crippen LogP contribution in [0.25, 0.3) is 0 Å². The van der Waals surface area contributed by atoms with Crippen LogP contribution < -0.4 is 14.5 Å². The highest BCUT2D eigenvalue weighted by Gasteiger charge is 2.44. The van der Waals surface area contributed by atoms with Gasteiger partial charge < -0.3 is 28.6 Å². The van der Waals surface area contributed by atoms with E-state index in [-0.39, 0.29) is 19.6 Å². The number of methoxy groups -OCH3 is 1. The molecule has 0 N–H and O–H groups in total. The standard InChI is InChI=1S/C27H29FN2O8/c1-3-24(31)36-13-10-25(32)37-17-23-26(18-4-7-20(34-2)8-5-18)30(27(33)38-23)19-6-9-22(21(28)16-19)29-11-14-35-15-12-29/h3-9,16,23,26H,1,10-15,17H2,2H3/t23-,26+/m0/s1. The molecule has 0 aliphatic carbocycles. The second kappa shape index (κ2) is 12.4. The van der Waals surface area contributed by atoms with Gasteiger partial charge in [0.2, 0.25) is 0 Å². The molecule has 0 radical (unpaired) electrons. The first-order valence-corrected chi connectivity index (χ1v) is 12.1. The molecule has 0 aromatic heterocycles. The fourth-order valence-corrected chi connectivity index (χ4v) is 4.33. The topological polar surface area (TPSA) is 104 Å². The summed E-state index contributed by atoms with van der Waals surface area (Å²) < 4.78 is 41.5. The second-order valence-corrected chi connectivity index (χ2v) is 8.55. The smallest absolute Gasteiger partial charge is 0.415 e. The number of hydrogen-bond acceptors (Lipinski definition) is 9. The highest BCUT2D eigenvalue weighted by Crippen LogP contribution is 2.39. The van der Waals surface area contributed by atoms with Gasteiger partial charge in [0.1, 0.15) is 30.8 Å². The minimum atomic E-state index is -0.877. The molecule has 2 aliphatic rings. The Morgan fingerprint density at radius 1 is 1.13 bits per heavy atom. The van der Waals surface area contributed by atoms with E-state index < -0.39 is 36.0 Å². The van der Waals surface area contributed by atoms with Crippen LogP contribution in [0, 0.1) is 5.82 Å². The van der Waals surface area contributed by atoms with Gasteiger partial charge in [0.05, 0.1) is 38.1 Å². The number of halogens is 1. The Kier molecular flexibility index (Phi) is 8.80. The number of nitrogens with zero attached hydrogens (tertiary/aromatic N) is 2. The van der Waals surface area contributed by atoms with E-state index in [1.165, 1.54) is 18.1 Å². The third kappa shape index (κ3) is 6.23. The SMILES string of the molecule is C=CC(=O)OCCC(=O)OC[C@@H]1OC(=O)N(c2ccc(N3CCOCC3)c(F)c2)[C@@H]1c1ccc(OC)cc1. The first-order valence-electron chi connectivity index (χ1n) is 12.1. The van der Waals surface area contributed by atoms with Crippen LogP contribution in [0.1, 0.15) is 18.0 Å². The highest BCUT2D eigenvalue weighted by molar-refractivity contribution is 5.91. The zero-order chi connectivity index (χ0) is 27.1. The molecule has 10 nitrogen and oxygen atoms in total. The molecule has 2 heterocycles. The lowest BCUT2D eigenvalue weighted by Crippen LogP contribution is -2.37. The molecule has 2 aromatic carbocycles. The molecule has 2 aromatic rings. The van der Waals surface area contributed by atoms with Crippen molar-refractivity contribution in [2.75, 3.05) is 56.4 Å². The molecule has 2 saturated heterocycles. The van der Waals surface area contributed by atoms with E-state index in [9.17, 15) is 14.4 Å². The molecular formula is C27H29FN2O8. The summed E-state index contributed by atoms with van der Waals surface area (Å²) in [4.78, 5) is 39.6. The molecule has 2 atom stereocenters. The van der Waals surface area contributed by atoms with Crippen LogP contribution in [0.4, 0.5) is 20.6 Å². The van der Waals surface area contributed by atoms with Gasteiger partial charge in [-0.05, 0) is 35.9 Å². The summed E-state index contributed by atoms with van der Waals surface area (Å²) in [5.41, 5.74) is 1.40. The lowest BCUT2D eigenvalue weighted by Gasteiger charge is -2.30. The van der Waals surface area contributed by atoms with E-state index in [0.717, 1.165) is 6.08 Å². The van der Waals surface area contributed by atoms with E-state index in [4.69, 9.17) is 23.7 Å². The summed E-state index contributed by atoms with van der Waals surface area (Å²) in [6.45, 7) is 5.02.